The molecule has 1 heterocycles. The van der Waals surface area contributed by atoms with Gasteiger partial charge in [-0.2, -0.15) is 0 Å². The fourth-order valence-electron chi connectivity index (χ4n) is 1.97. The van der Waals surface area contributed by atoms with Crippen LogP contribution in [0.25, 0.3) is 11.3 Å². The lowest BCUT2D eigenvalue weighted by Gasteiger charge is -2.09. The van der Waals surface area contributed by atoms with Gasteiger partial charge in [-0.3, -0.25) is 10.1 Å². The van der Waals surface area contributed by atoms with E-state index in [1.165, 1.54) is 0 Å². The monoisotopic (exact) mass is 292 g/mol. The van der Waals surface area contributed by atoms with Gasteiger partial charge in [0.15, 0.2) is 0 Å². The van der Waals surface area contributed by atoms with Crippen LogP contribution in [0.3, 0.4) is 0 Å². The van der Waals surface area contributed by atoms with Crippen molar-refractivity contribution in [1.82, 2.24) is 5.16 Å². The number of amides is 1. The Bertz CT molecular complexity index is 574. The van der Waals surface area contributed by atoms with Crippen LogP contribution in [0.5, 0.6) is 0 Å². The molecule has 0 radical (unpaired) electrons. The van der Waals surface area contributed by atoms with Crippen LogP contribution in [-0.2, 0) is 4.79 Å². The van der Waals surface area contributed by atoms with Gasteiger partial charge in [0.25, 0.3) is 0 Å². The van der Waals surface area contributed by atoms with E-state index < -0.39 is 0 Å². The summed E-state index contributed by atoms with van der Waals surface area (Å²) in [4.78, 5) is 11.9. The van der Waals surface area contributed by atoms with Gasteiger partial charge in [-0.1, -0.05) is 42.7 Å². The van der Waals surface area contributed by atoms with Crippen molar-refractivity contribution >= 4 is 23.4 Å². The Morgan fingerprint density at radius 1 is 1.30 bits per heavy atom. The molecule has 0 fully saturated rings. The second-order valence-corrected chi connectivity index (χ2v) is 5.02. The molecule has 1 N–H and O–H groups in total. The fourth-order valence-corrected chi connectivity index (χ4v) is 2.10. The molecule has 0 saturated heterocycles. The number of anilines is 1. The van der Waals surface area contributed by atoms with Crippen molar-refractivity contribution < 1.29 is 9.32 Å². The van der Waals surface area contributed by atoms with E-state index in [9.17, 15) is 4.79 Å². The van der Waals surface area contributed by atoms with E-state index in [1.54, 1.807) is 18.2 Å². The second-order valence-electron chi connectivity index (χ2n) is 4.59. The van der Waals surface area contributed by atoms with Crippen molar-refractivity contribution in [3.8, 4) is 11.3 Å². The topological polar surface area (TPSA) is 55.1 Å². The summed E-state index contributed by atoms with van der Waals surface area (Å²) >= 11 is 5.84. The molecular formula is C15H17ClN2O2. The molecule has 0 aliphatic rings. The zero-order valence-electron chi connectivity index (χ0n) is 11.5. The van der Waals surface area contributed by atoms with Crippen molar-refractivity contribution in [3.05, 3.63) is 35.4 Å². The molecule has 2 rings (SSSR count). The Morgan fingerprint density at radius 2 is 1.95 bits per heavy atom. The van der Waals surface area contributed by atoms with Gasteiger partial charge in [0.2, 0.25) is 11.8 Å². The Morgan fingerprint density at radius 3 is 2.55 bits per heavy atom. The van der Waals surface area contributed by atoms with E-state index >= 15 is 0 Å². The summed E-state index contributed by atoms with van der Waals surface area (Å²) in [5, 5.41) is 7.36. The summed E-state index contributed by atoms with van der Waals surface area (Å²) in [5.41, 5.74) is 1.56. The van der Waals surface area contributed by atoms with E-state index in [0.717, 1.165) is 18.4 Å². The standard InChI is InChI=1S/C15H17ClN2O2/c1-3-10(4-2)15(19)17-14-9-13(18-20-14)11-5-7-12(16)8-6-11/h5-10H,3-4H2,1-2H3,(H,17,19). The molecule has 0 aliphatic carbocycles. The van der Waals surface area contributed by atoms with Crippen molar-refractivity contribution in [2.75, 3.05) is 5.32 Å². The lowest BCUT2D eigenvalue weighted by atomic mass is 10.0. The van der Waals surface area contributed by atoms with Crippen LogP contribution in [0.1, 0.15) is 26.7 Å². The van der Waals surface area contributed by atoms with E-state index in [2.05, 4.69) is 10.5 Å². The number of carbonyl (C=O) groups is 1. The molecule has 20 heavy (non-hydrogen) atoms. The number of halogens is 1. The van der Waals surface area contributed by atoms with E-state index in [4.69, 9.17) is 16.1 Å². The molecule has 0 aliphatic heterocycles. The van der Waals surface area contributed by atoms with Crippen LogP contribution in [0.2, 0.25) is 5.02 Å². The number of benzene rings is 1. The number of hydrogen-bond donors (Lipinski definition) is 1. The van der Waals surface area contributed by atoms with Crippen molar-refractivity contribution in [2.45, 2.75) is 26.7 Å². The first-order valence-corrected chi connectivity index (χ1v) is 7.05. The Hall–Kier alpha value is -1.81. The van der Waals surface area contributed by atoms with E-state index in [1.807, 2.05) is 26.0 Å². The summed E-state index contributed by atoms with van der Waals surface area (Å²) in [7, 11) is 0. The quantitative estimate of drug-likeness (QED) is 0.890. The molecule has 2 aromatic rings. The average molecular weight is 293 g/mol. The van der Waals surface area contributed by atoms with E-state index in [-0.39, 0.29) is 11.8 Å². The smallest absolute Gasteiger partial charge is 0.231 e. The molecule has 0 bridgehead atoms. The molecule has 0 saturated carbocycles. The SMILES string of the molecule is CCC(CC)C(=O)Nc1cc(-c2ccc(Cl)cc2)no1. The highest BCUT2D eigenvalue weighted by molar-refractivity contribution is 6.30. The Labute approximate surface area is 123 Å². The minimum absolute atomic E-state index is 0.000850. The average Bonchev–Trinajstić information content (AvgIpc) is 2.89. The Balaban J connectivity index is 2.09. The van der Waals surface area contributed by atoms with Crippen LogP contribution in [0.4, 0.5) is 5.88 Å². The lowest BCUT2D eigenvalue weighted by molar-refractivity contribution is -0.120. The van der Waals surface area contributed by atoms with Gasteiger partial charge in [0, 0.05) is 22.6 Å². The first-order chi connectivity index (χ1) is 9.63. The van der Waals surface area contributed by atoms with Gasteiger partial charge in [0.1, 0.15) is 5.69 Å². The van der Waals surface area contributed by atoms with Gasteiger partial charge in [-0.05, 0) is 25.0 Å². The zero-order valence-corrected chi connectivity index (χ0v) is 12.3. The highest BCUT2D eigenvalue weighted by Gasteiger charge is 2.16. The van der Waals surface area contributed by atoms with Crippen LogP contribution >= 0.6 is 11.6 Å². The summed E-state index contributed by atoms with van der Waals surface area (Å²) in [6.07, 6.45) is 1.61. The third-order valence-electron chi connectivity index (χ3n) is 3.25. The lowest BCUT2D eigenvalue weighted by Crippen LogP contribution is -2.21. The summed E-state index contributed by atoms with van der Waals surface area (Å²) < 4.78 is 5.14. The maximum atomic E-state index is 11.9. The van der Waals surface area contributed by atoms with Crippen LogP contribution in [0, 0.1) is 5.92 Å². The third-order valence-corrected chi connectivity index (χ3v) is 3.50. The highest BCUT2D eigenvalue weighted by Crippen LogP contribution is 2.23. The molecule has 1 amide bonds. The number of aromatic nitrogens is 1. The predicted molar refractivity (Wildman–Crippen MR) is 79.7 cm³/mol. The second kappa shape index (κ2) is 6.57. The molecule has 0 unspecified atom stereocenters. The third kappa shape index (κ3) is 3.39. The van der Waals surface area contributed by atoms with Crippen LogP contribution in [0.15, 0.2) is 34.9 Å². The van der Waals surface area contributed by atoms with Gasteiger partial charge in [-0.15, -0.1) is 0 Å². The van der Waals surface area contributed by atoms with Gasteiger partial charge >= 0.3 is 0 Å². The predicted octanol–water partition coefficient (Wildman–Crippen LogP) is 4.37. The van der Waals surface area contributed by atoms with Gasteiger partial charge < -0.3 is 4.52 Å². The minimum atomic E-state index is -0.0335. The molecule has 1 aromatic heterocycles. The maximum Gasteiger partial charge on any atom is 0.231 e. The molecule has 5 heteroatoms. The first kappa shape index (κ1) is 14.6. The fraction of sp³-hybridized carbons (Fsp3) is 0.333. The molecular weight excluding hydrogens is 276 g/mol. The Kier molecular flexibility index (Phi) is 4.79. The number of nitrogens with zero attached hydrogens (tertiary/aromatic N) is 1. The number of rotatable bonds is 5. The van der Waals surface area contributed by atoms with Crippen LogP contribution in [-0.4, -0.2) is 11.1 Å². The van der Waals surface area contributed by atoms with Gasteiger partial charge in [0.05, 0.1) is 0 Å². The number of nitrogens with one attached hydrogen (secondary N) is 1. The van der Waals surface area contributed by atoms with Gasteiger partial charge in [-0.25, -0.2) is 0 Å². The van der Waals surface area contributed by atoms with Crippen molar-refractivity contribution in [1.29, 1.82) is 0 Å². The molecule has 106 valence electrons. The molecule has 0 atom stereocenters. The highest BCUT2D eigenvalue weighted by atomic mass is 35.5. The summed E-state index contributed by atoms with van der Waals surface area (Å²) in [6, 6.07) is 8.99. The first-order valence-electron chi connectivity index (χ1n) is 6.67. The summed E-state index contributed by atoms with van der Waals surface area (Å²) in [6.45, 7) is 3.99. The molecule has 4 nitrogen and oxygen atoms in total. The maximum absolute atomic E-state index is 11.9. The van der Waals surface area contributed by atoms with Crippen LogP contribution < -0.4 is 5.32 Å². The molecule has 1 aromatic carbocycles. The number of carbonyl (C=O) groups excluding carboxylic acids is 1. The molecule has 0 spiro atoms. The van der Waals surface area contributed by atoms with Crippen molar-refractivity contribution in [3.63, 3.8) is 0 Å². The number of hydrogen-bond acceptors (Lipinski definition) is 3. The normalized spacial score (nSPS) is 10.8. The largest absolute Gasteiger partial charge is 0.338 e. The zero-order chi connectivity index (χ0) is 14.5. The van der Waals surface area contributed by atoms with E-state index in [0.29, 0.717) is 16.6 Å². The minimum Gasteiger partial charge on any atom is -0.338 e. The summed E-state index contributed by atoms with van der Waals surface area (Å²) in [5.74, 6) is 0.333. The van der Waals surface area contributed by atoms with Crippen molar-refractivity contribution in [2.24, 2.45) is 5.92 Å².